The van der Waals surface area contributed by atoms with Crippen molar-refractivity contribution in [2.75, 3.05) is 20.0 Å². The predicted molar refractivity (Wildman–Crippen MR) is 96.8 cm³/mol. The lowest BCUT2D eigenvalue weighted by Gasteiger charge is -2.31. The van der Waals surface area contributed by atoms with E-state index in [1.807, 2.05) is 6.07 Å². The van der Waals surface area contributed by atoms with Crippen LogP contribution in [0.4, 0.5) is 0 Å². The van der Waals surface area contributed by atoms with E-state index in [9.17, 15) is 14.7 Å². The quantitative estimate of drug-likeness (QED) is 0.294. The van der Waals surface area contributed by atoms with E-state index in [1.165, 1.54) is 24.3 Å². The molecule has 0 saturated carbocycles. The second-order valence-corrected chi connectivity index (χ2v) is 5.85. The fraction of sp³-hybridized carbons (Fsp3) is 0.421. The van der Waals surface area contributed by atoms with Crippen molar-refractivity contribution < 1.29 is 24.2 Å². The van der Waals surface area contributed by atoms with Gasteiger partial charge >= 0.3 is 0 Å². The third-order valence-electron chi connectivity index (χ3n) is 3.68. The molecular formula is C19H23N3O5. The molecule has 8 heteroatoms. The third kappa shape index (κ3) is 7.47. The van der Waals surface area contributed by atoms with Crippen molar-refractivity contribution in [1.29, 1.82) is 5.26 Å². The van der Waals surface area contributed by atoms with Crippen molar-refractivity contribution in [3.8, 4) is 18.4 Å². The van der Waals surface area contributed by atoms with Crippen LogP contribution < -0.4 is 11.1 Å². The summed E-state index contributed by atoms with van der Waals surface area (Å²) in [7, 11) is 0. The van der Waals surface area contributed by atoms with Crippen LogP contribution in [0.1, 0.15) is 35.7 Å². The molecule has 0 aromatic heterocycles. The molecule has 0 fully saturated rings. The van der Waals surface area contributed by atoms with Gasteiger partial charge in [0.1, 0.15) is 6.79 Å². The van der Waals surface area contributed by atoms with E-state index in [4.69, 9.17) is 26.9 Å². The van der Waals surface area contributed by atoms with Gasteiger partial charge in [0.25, 0.3) is 5.91 Å². The number of hydrogen-bond donors (Lipinski definition) is 3. The molecule has 2 amide bonds. The van der Waals surface area contributed by atoms with E-state index in [0.29, 0.717) is 12.2 Å². The number of carbonyl (C=O) groups excluding carboxylic acids is 2. The number of ether oxygens (including phenoxy) is 2. The minimum absolute atomic E-state index is 0.00976. The number of primary amides is 1. The molecule has 1 aromatic carbocycles. The first-order valence-electron chi connectivity index (χ1n) is 8.28. The second-order valence-electron chi connectivity index (χ2n) is 5.85. The highest BCUT2D eigenvalue weighted by molar-refractivity contribution is 5.94. The molecule has 0 bridgehead atoms. The molecule has 0 radical (unpaired) electrons. The maximum Gasteiger partial charge on any atom is 0.253 e. The van der Waals surface area contributed by atoms with Crippen molar-refractivity contribution in [2.24, 2.45) is 11.7 Å². The number of amides is 2. The summed E-state index contributed by atoms with van der Waals surface area (Å²) in [4.78, 5) is 24.0. The number of benzene rings is 1. The van der Waals surface area contributed by atoms with Gasteiger partial charge in [0.2, 0.25) is 5.91 Å². The van der Waals surface area contributed by atoms with Gasteiger partial charge in [0, 0.05) is 25.0 Å². The summed E-state index contributed by atoms with van der Waals surface area (Å²) in [5.41, 5.74) is 4.06. The van der Waals surface area contributed by atoms with Crippen LogP contribution in [0, 0.1) is 29.6 Å². The Morgan fingerprint density at radius 2 is 2.04 bits per heavy atom. The maximum atomic E-state index is 12.5. The minimum Gasteiger partial charge on any atom is -0.369 e. The number of nitrogens with one attached hydrogen (secondary N) is 1. The molecule has 0 aliphatic carbocycles. The smallest absolute Gasteiger partial charge is 0.253 e. The van der Waals surface area contributed by atoms with Crippen LogP contribution in [0.2, 0.25) is 0 Å². The number of nitrogens with zero attached hydrogens (tertiary/aromatic N) is 1. The number of carbonyl (C=O) groups is 2. The van der Waals surface area contributed by atoms with Crippen molar-refractivity contribution in [3.05, 3.63) is 35.4 Å². The van der Waals surface area contributed by atoms with Gasteiger partial charge in [0.05, 0.1) is 24.2 Å². The first-order chi connectivity index (χ1) is 12.8. The highest BCUT2D eigenvalue weighted by atomic mass is 16.7. The van der Waals surface area contributed by atoms with E-state index in [1.54, 1.807) is 6.92 Å². The summed E-state index contributed by atoms with van der Waals surface area (Å²) < 4.78 is 10.3. The second kappa shape index (κ2) is 10.9. The Balaban J connectivity index is 2.93. The number of hydrogen-bond acceptors (Lipinski definition) is 6. The zero-order chi connectivity index (χ0) is 20.3. The summed E-state index contributed by atoms with van der Waals surface area (Å²) in [6, 6.07) is 7.79. The van der Waals surface area contributed by atoms with Crippen molar-refractivity contribution in [2.45, 2.75) is 25.5 Å². The predicted octanol–water partition coefficient (Wildman–Crippen LogP) is 0.502. The number of terminal acetylenes is 1. The van der Waals surface area contributed by atoms with Crippen molar-refractivity contribution >= 4 is 11.8 Å². The van der Waals surface area contributed by atoms with Crippen LogP contribution >= 0.6 is 0 Å². The Kier molecular flexibility index (Phi) is 8.97. The molecule has 1 aromatic rings. The number of nitriles is 1. The van der Waals surface area contributed by atoms with Gasteiger partial charge in [-0.2, -0.15) is 5.26 Å². The van der Waals surface area contributed by atoms with E-state index in [-0.39, 0.29) is 31.8 Å². The van der Waals surface area contributed by atoms with E-state index < -0.39 is 23.5 Å². The molecule has 0 saturated heterocycles. The molecule has 2 unspecified atom stereocenters. The van der Waals surface area contributed by atoms with Crippen molar-refractivity contribution in [3.63, 3.8) is 0 Å². The van der Waals surface area contributed by atoms with Crippen LogP contribution in [-0.2, 0) is 14.3 Å². The highest BCUT2D eigenvalue weighted by Crippen LogP contribution is 2.19. The molecule has 1 rings (SSSR count). The lowest BCUT2D eigenvalue weighted by atomic mass is 9.93. The van der Waals surface area contributed by atoms with Crippen LogP contribution in [0.15, 0.2) is 24.3 Å². The first-order valence-corrected chi connectivity index (χ1v) is 8.28. The standard InChI is InChI=1S/C19H23N3O5/c1-3-5-16(17(21)23)10-19(25,12-27-13-26-4-2)22-18(24)15-8-6-14(11-20)7-9-15/h1,6-9,16,25H,4-5,10,12-13H2,2H3,(H2,21,23)(H,22,24). The van der Waals surface area contributed by atoms with Gasteiger partial charge in [-0.3, -0.25) is 9.59 Å². The summed E-state index contributed by atoms with van der Waals surface area (Å²) in [6.45, 7) is 1.76. The third-order valence-corrected chi connectivity index (χ3v) is 3.68. The Bertz CT molecular complexity index is 720. The molecule has 0 aliphatic rings. The Morgan fingerprint density at radius 1 is 1.37 bits per heavy atom. The molecule has 0 spiro atoms. The zero-order valence-electron chi connectivity index (χ0n) is 15.1. The van der Waals surface area contributed by atoms with Crippen LogP contribution in [0.25, 0.3) is 0 Å². The summed E-state index contributed by atoms with van der Waals surface area (Å²) in [5, 5.41) is 22.1. The van der Waals surface area contributed by atoms with Gasteiger partial charge in [0.15, 0.2) is 5.72 Å². The minimum atomic E-state index is -1.89. The fourth-order valence-electron chi connectivity index (χ4n) is 2.30. The van der Waals surface area contributed by atoms with E-state index in [0.717, 1.165) is 0 Å². The monoisotopic (exact) mass is 373 g/mol. The summed E-state index contributed by atoms with van der Waals surface area (Å²) in [5.74, 6) is 0.178. The van der Waals surface area contributed by atoms with Gasteiger partial charge in [-0.25, -0.2) is 0 Å². The lowest BCUT2D eigenvalue weighted by Crippen LogP contribution is -2.54. The van der Waals surface area contributed by atoms with E-state index >= 15 is 0 Å². The van der Waals surface area contributed by atoms with Gasteiger partial charge < -0.3 is 25.6 Å². The molecular weight excluding hydrogens is 350 g/mol. The Labute approximate surface area is 158 Å². The molecule has 8 nitrogen and oxygen atoms in total. The van der Waals surface area contributed by atoms with Crippen LogP contribution in [0.3, 0.4) is 0 Å². The number of aliphatic hydroxyl groups is 1. The zero-order valence-corrected chi connectivity index (χ0v) is 15.1. The number of rotatable bonds is 11. The molecule has 2 atom stereocenters. The molecule has 4 N–H and O–H groups in total. The lowest BCUT2D eigenvalue weighted by molar-refractivity contribution is -0.136. The summed E-state index contributed by atoms with van der Waals surface area (Å²) >= 11 is 0. The average Bonchev–Trinajstić information content (AvgIpc) is 2.65. The van der Waals surface area contributed by atoms with Crippen molar-refractivity contribution in [1.82, 2.24) is 5.32 Å². The largest absolute Gasteiger partial charge is 0.369 e. The highest BCUT2D eigenvalue weighted by Gasteiger charge is 2.35. The Morgan fingerprint density at radius 3 is 2.56 bits per heavy atom. The average molecular weight is 373 g/mol. The van der Waals surface area contributed by atoms with Gasteiger partial charge in [-0.1, -0.05) is 0 Å². The molecule has 0 heterocycles. The summed E-state index contributed by atoms with van der Waals surface area (Å²) in [6.07, 6.45) is 5.03. The van der Waals surface area contributed by atoms with Gasteiger partial charge in [-0.15, -0.1) is 12.3 Å². The van der Waals surface area contributed by atoms with E-state index in [2.05, 4.69) is 11.2 Å². The maximum absolute atomic E-state index is 12.5. The van der Waals surface area contributed by atoms with Crippen LogP contribution in [0.5, 0.6) is 0 Å². The topological polar surface area (TPSA) is 135 Å². The Hall–Kier alpha value is -2.91. The van der Waals surface area contributed by atoms with Gasteiger partial charge in [-0.05, 0) is 31.2 Å². The molecule has 0 aliphatic heterocycles. The fourth-order valence-corrected chi connectivity index (χ4v) is 2.30. The first kappa shape index (κ1) is 22.1. The van der Waals surface area contributed by atoms with Crippen LogP contribution in [-0.4, -0.2) is 42.7 Å². The normalized spacial score (nSPS) is 13.6. The SMILES string of the molecule is C#CCC(CC(O)(COCOCC)NC(=O)c1ccc(C#N)cc1)C(N)=O. The number of nitrogens with two attached hydrogens (primary N) is 1. The molecule has 27 heavy (non-hydrogen) atoms. The molecule has 144 valence electrons.